The van der Waals surface area contributed by atoms with Gasteiger partial charge in [0.15, 0.2) is 0 Å². The Morgan fingerprint density at radius 3 is 2.23 bits per heavy atom. The highest BCUT2D eigenvalue weighted by Crippen LogP contribution is 2.16. The van der Waals surface area contributed by atoms with E-state index >= 15 is 0 Å². The largest absolute Gasteiger partial charge is 0.466 e. The second-order valence-corrected chi connectivity index (χ2v) is 11.0. The Morgan fingerprint density at radius 1 is 1.00 bits per heavy atom. The second kappa shape index (κ2) is 9.00. The van der Waals surface area contributed by atoms with E-state index in [0.717, 1.165) is 0 Å². The Bertz CT molecular complexity index is 588. The van der Waals surface area contributed by atoms with Gasteiger partial charge in [-0.15, -0.1) is 0 Å². The molecule has 0 saturated heterocycles. The Hall–Kier alpha value is -2.13. The highest BCUT2D eigenvalue weighted by molar-refractivity contribution is 6.83. The SMILES string of the molecule is COC(=O)/C=C/C=C/C(=C\C=C\c1ccccc1)[Si](C)(C)C. The van der Waals surface area contributed by atoms with Gasteiger partial charge in [0, 0.05) is 6.08 Å². The topological polar surface area (TPSA) is 26.3 Å². The van der Waals surface area contributed by atoms with Crippen molar-refractivity contribution < 1.29 is 9.53 Å². The Kier molecular flexibility index (Phi) is 7.33. The summed E-state index contributed by atoms with van der Waals surface area (Å²) >= 11 is 0. The van der Waals surface area contributed by atoms with Crippen molar-refractivity contribution in [3.63, 3.8) is 0 Å². The summed E-state index contributed by atoms with van der Waals surface area (Å²) in [5, 5.41) is 1.31. The van der Waals surface area contributed by atoms with Crippen LogP contribution in [-0.4, -0.2) is 21.2 Å². The van der Waals surface area contributed by atoms with Gasteiger partial charge in [0.05, 0.1) is 15.2 Å². The van der Waals surface area contributed by atoms with Gasteiger partial charge in [-0.3, -0.25) is 0 Å². The fraction of sp³-hybridized carbons (Fsp3) is 0.211. The molecule has 1 rings (SSSR count). The van der Waals surface area contributed by atoms with Gasteiger partial charge in [-0.1, -0.05) is 91.6 Å². The predicted octanol–water partition coefficient (Wildman–Crippen LogP) is 4.79. The second-order valence-electron chi connectivity index (χ2n) is 5.88. The number of allylic oxidation sites excluding steroid dienone is 6. The van der Waals surface area contributed by atoms with Gasteiger partial charge in [0.1, 0.15) is 0 Å². The van der Waals surface area contributed by atoms with Crippen LogP contribution in [0.5, 0.6) is 0 Å². The van der Waals surface area contributed by atoms with Gasteiger partial charge in [0.2, 0.25) is 0 Å². The first-order valence-corrected chi connectivity index (χ1v) is 10.8. The van der Waals surface area contributed by atoms with E-state index < -0.39 is 8.07 Å². The van der Waals surface area contributed by atoms with E-state index in [1.807, 2.05) is 24.3 Å². The summed E-state index contributed by atoms with van der Waals surface area (Å²) in [7, 11) is -0.0642. The van der Waals surface area contributed by atoms with E-state index in [9.17, 15) is 4.79 Å². The van der Waals surface area contributed by atoms with Crippen LogP contribution in [0.2, 0.25) is 19.6 Å². The number of carbonyl (C=O) groups excluding carboxylic acids is 1. The molecule has 22 heavy (non-hydrogen) atoms. The molecule has 3 heteroatoms. The molecule has 0 bridgehead atoms. The molecule has 0 radical (unpaired) electrons. The van der Waals surface area contributed by atoms with Crippen LogP contribution in [0.25, 0.3) is 6.08 Å². The maximum atomic E-state index is 11.0. The molecule has 0 spiro atoms. The van der Waals surface area contributed by atoms with Crippen molar-refractivity contribution in [2.24, 2.45) is 0 Å². The van der Waals surface area contributed by atoms with Gasteiger partial charge < -0.3 is 4.74 Å². The van der Waals surface area contributed by atoms with E-state index in [1.54, 1.807) is 6.08 Å². The fourth-order valence-corrected chi connectivity index (χ4v) is 2.94. The average Bonchev–Trinajstić information content (AvgIpc) is 2.49. The van der Waals surface area contributed by atoms with Gasteiger partial charge in [-0.2, -0.15) is 0 Å². The van der Waals surface area contributed by atoms with Crippen LogP contribution in [0.1, 0.15) is 5.56 Å². The summed E-state index contributed by atoms with van der Waals surface area (Å²) < 4.78 is 4.56. The van der Waals surface area contributed by atoms with Crippen molar-refractivity contribution in [3.8, 4) is 0 Å². The highest BCUT2D eigenvalue weighted by atomic mass is 28.3. The molecule has 0 aromatic heterocycles. The molecule has 2 nitrogen and oxygen atoms in total. The Labute approximate surface area is 134 Å². The van der Waals surface area contributed by atoms with Crippen LogP contribution in [0.4, 0.5) is 0 Å². The first-order valence-electron chi connectivity index (χ1n) is 7.30. The molecule has 0 atom stereocenters. The predicted molar refractivity (Wildman–Crippen MR) is 97.2 cm³/mol. The molecule has 0 amide bonds. The molecule has 116 valence electrons. The highest BCUT2D eigenvalue weighted by Gasteiger charge is 2.16. The van der Waals surface area contributed by atoms with Crippen molar-refractivity contribution in [2.45, 2.75) is 19.6 Å². The summed E-state index contributed by atoms with van der Waals surface area (Å²) in [4.78, 5) is 11.0. The first kappa shape index (κ1) is 17.9. The van der Waals surface area contributed by atoms with Crippen LogP contribution in [0.15, 0.2) is 72.0 Å². The quantitative estimate of drug-likeness (QED) is 0.327. The molecule has 0 N–H and O–H groups in total. The van der Waals surface area contributed by atoms with Crippen molar-refractivity contribution in [2.75, 3.05) is 7.11 Å². The van der Waals surface area contributed by atoms with Crippen LogP contribution in [-0.2, 0) is 9.53 Å². The van der Waals surface area contributed by atoms with Crippen molar-refractivity contribution in [1.29, 1.82) is 0 Å². The molecular weight excluding hydrogens is 288 g/mol. The lowest BCUT2D eigenvalue weighted by molar-refractivity contribution is -0.134. The zero-order valence-corrected chi connectivity index (χ0v) is 14.7. The van der Waals surface area contributed by atoms with Crippen LogP contribution >= 0.6 is 0 Å². The van der Waals surface area contributed by atoms with Crippen molar-refractivity contribution in [1.82, 2.24) is 0 Å². The number of hydrogen-bond donors (Lipinski definition) is 0. The molecule has 0 unspecified atom stereocenters. The lowest BCUT2D eigenvalue weighted by atomic mass is 10.2. The van der Waals surface area contributed by atoms with E-state index in [4.69, 9.17) is 0 Å². The molecule has 0 saturated carbocycles. The third kappa shape index (κ3) is 7.04. The van der Waals surface area contributed by atoms with E-state index in [0.29, 0.717) is 0 Å². The minimum absolute atomic E-state index is 0.341. The van der Waals surface area contributed by atoms with Crippen molar-refractivity contribution >= 4 is 20.1 Å². The third-order valence-corrected chi connectivity index (χ3v) is 5.12. The van der Waals surface area contributed by atoms with E-state index in [1.165, 1.54) is 23.9 Å². The fourth-order valence-electron chi connectivity index (χ4n) is 1.74. The summed E-state index contributed by atoms with van der Waals surface area (Å²) in [6.45, 7) is 6.89. The maximum Gasteiger partial charge on any atom is 0.330 e. The third-order valence-electron chi connectivity index (χ3n) is 3.05. The van der Waals surface area contributed by atoms with Gasteiger partial charge in [-0.05, 0) is 5.56 Å². The number of carbonyl (C=O) groups is 1. The smallest absolute Gasteiger partial charge is 0.330 e. The molecule has 0 aliphatic heterocycles. The van der Waals surface area contributed by atoms with Gasteiger partial charge >= 0.3 is 5.97 Å². The van der Waals surface area contributed by atoms with Crippen LogP contribution in [0, 0.1) is 0 Å². The maximum absolute atomic E-state index is 11.0. The van der Waals surface area contributed by atoms with E-state index in [2.05, 4.69) is 60.8 Å². The minimum Gasteiger partial charge on any atom is -0.466 e. The number of methoxy groups -OCH3 is 1. The molecule has 0 fully saturated rings. The zero-order valence-electron chi connectivity index (χ0n) is 13.7. The Balaban J connectivity index is 2.83. The summed E-state index contributed by atoms with van der Waals surface area (Å²) in [6, 6.07) is 10.2. The lowest BCUT2D eigenvalue weighted by Gasteiger charge is -2.17. The van der Waals surface area contributed by atoms with Gasteiger partial charge in [0.25, 0.3) is 0 Å². The molecule has 1 aromatic carbocycles. The molecule has 1 aromatic rings. The number of hydrogen-bond acceptors (Lipinski definition) is 2. The summed E-state index contributed by atoms with van der Waals surface area (Å²) in [5.74, 6) is -0.341. The van der Waals surface area contributed by atoms with Crippen molar-refractivity contribution in [3.05, 3.63) is 77.5 Å². The molecule has 0 aliphatic rings. The minimum atomic E-state index is -1.44. The van der Waals surface area contributed by atoms with Crippen LogP contribution in [0.3, 0.4) is 0 Å². The standard InChI is InChI=1S/C19H24O2Si/c1-21-19(20)16-9-8-14-18(22(2,3)4)15-10-13-17-11-6-5-7-12-17/h5-16H,1-4H3/b13-10+,14-8+,16-9+,18-15+. The molecule has 0 aliphatic carbocycles. The summed E-state index contributed by atoms with van der Waals surface area (Å²) in [5.41, 5.74) is 1.18. The van der Waals surface area contributed by atoms with Crippen LogP contribution < -0.4 is 0 Å². The average molecular weight is 312 g/mol. The first-order chi connectivity index (χ1) is 10.4. The summed E-state index contributed by atoms with van der Waals surface area (Å²) in [6.07, 6.45) is 13.4. The molecular formula is C19H24O2Si. The number of benzene rings is 1. The molecule has 0 heterocycles. The zero-order chi connectivity index (χ0) is 16.4. The normalized spacial score (nSPS) is 13.4. The van der Waals surface area contributed by atoms with Gasteiger partial charge in [-0.25, -0.2) is 4.79 Å². The monoisotopic (exact) mass is 312 g/mol. The number of rotatable bonds is 6. The Morgan fingerprint density at radius 2 is 1.64 bits per heavy atom. The van der Waals surface area contributed by atoms with E-state index in [-0.39, 0.29) is 5.97 Å². The lowest BCUT2D eigenvalue weighted by Crippen LogP contribution is -2.22. The number of ether oxygens (including phenoxy) is 1. The number of esters is 1.